The van der Waals surface area contributed by atoms with Gasteiger partial charge in [0.1, 0.15) is 6.04 Å². The van der Waals surface area contributed by atoms with Gasteiger partial charge in [-0.1, -0.05) is 42.5 Å². The third kappa shape index (κ3) is 4.66. The van der Waals surface area contributed by atoms with Crippen LogP contribution in [0.4, 0.5) is 0 Å². The average molecular weight is 365 g/mol. The van der Waals surface area contributed by atoms with E-state index in [2.05, 4.69) is 5.09 Å². The monoisotopic (exact) mass is 365 g/mol. The van der Waals surface area contributed by atoms with Crippen LogP contribution in [-0.2, 0) is 14.2 Å². The molecule has 2 aromatic rings. The van der Waals surface area contributed by atoms with Gasteiger partial charge in [0.2, 0.25) is 0 Å². The van der Waals surface area contributed by atoms with Crippen LogP contribution >= 0.6 is 7.52 Å². The van der Waals surface area contributed by atoms with E-state index in [4.69, 9.17) is 5.11 Å². The zero-order valence-corrected chi connectivity index (χ0v) is 14.5. The summed E-state index contributed by atoms with van der Waals surface area (Å²) in [6.45, 7) is 1.55. The van der Waals surface area contributed by atoms with Gasteiger partial charge in [-0.15, -0.1) is 0 Å². The van der Waals surface area contributed by atoms with Gasteiger partial charge in [-0.25, -0.2) is 5.09 Å². The zero-order valence-electron chi connectivity index (χ0n) is 13.6. The third-order valence-corrected chi connectivity index (χ3v) is 6.09. The first-order valence-electron chi connectivity index (χ1n) is 7.75. The summed E-state index contributed by atoms with van der Waals surface area (Å²) in [5.74, 6) is -2.52. The van der Waals surface area contributed by atoms with Crippen molar-refractivity contribution in [3.8, 4) is 0 Å². The van der Waals surface area contributed by atoms with E-state index in [1.165, 1.54) is 0 Å². The molecule has 134 valence electrons. The summed E-state index contributed by atoms with van der Waals surface area (Å²) >= 11 is 0. The van der Waals surface area contributed by atoms with E-state index in [0.29, 0.717) is 5.56 Å². The Morgan fingerprint density at radius 3 is 2.40 bits per heavy atom. The Hall–Kier alpha value is -2.21. The lowest BCUT2D eigenvalue weighted by atomic mass is 10.0. The lowest BCUT2D eigenvalue weighted by molar-refractivity contribution is -0.140. The molecule has 0 saturated carbocycles. The lowest BCUT2D eigenvalue weighted by Gasteiger charge is -2.25. The number of benzene rings is 2. The second kappa shape index (κ2) is 7.78. The molecule has 2 aromatic carbocycles. The van der Waals surface area contributed by atoms with Gasteiger partial charge in [-0.2, -0.15) is 0 Å². The van der Waals surface area contributed by atoms with E-state index >= 15 is 0 Å². The van der Waals surface area contributed by atoms with Gasteiger partial charge in [0.15, 0.2) is 0 Å². The Balaban J connectivity index is 2.29. The van der Waals surface area contributed by atoms with Crippen LogP contribution in [0, 0.1) is 0 Å². The molecule has 0 amide bonds. The molecule has 0 spiro atoms. The fourth-order valence-corrected chi connectivity index (χ4v) is 4.16. The van der Waals surface area contributed by atoms with Gasteiger partial charge in [-0.05, 0) is 29.7 Å². The number of hydrogen-bond donors (Lipinski definition) is 4. The summed E-state index contributed by atoms with van der Waals surface area (Å²) in [6.07, 6.45) is -0.690. The highest BCUT2D eigenvalue weighted by Gasteiger charge is 2.34. The molecule has 3 atom stereocenters. The van der Waals surface area contributed by atoms with Crippen molar-refractivity contribution in [3.05, 3.63) is 48.0 Å². The van der Waals surface area contributed by atoms with Crippen LogP contribution in [0.3, 0.4) is 0 Å². The summed E-state index contributed by atoms with van der Waals surface area (Å²) in [4.78, 5) is 32.3. The normalized spacial score (nSPS) is 16.1. The maximum absolute atomic E-state index is 12.8. The first-order chi connectivity index (χ1) is 11.7. The molecule has 0 radical (unpaired) electrons. The minimum atomic E-state index is -4.10. The molecular formula is C17H20NO6P. The molecule has 0 aliphatic carbocycles. The first-order valence-corrected chi connectivity index (χ1v) is 9.48. The van der Waals surface area contributed by atoms with Crippen LogP contribution in [0.2, 0.25) is 0 Å². The fraction of sp³-hybridized carbons (Fsp3) is 0.294. The van der Waals surface area contributed by atoms with Crippen LogP contribution < -0.4 is 5.09 Å². The van der Waals surface area contributed by atoms with Crippen LogP contribution in [0.5, 0.6) is 0 Å². The van der Waals surface area contributed by atoms with Crippen molar-refractivity contribution in [3.63, 3.8) is 0 Å². The highest BCUT2D eigenvalue weighted by molar-refractivity contribution is 7.56. The van der Waals surface area contributed by atoms with Gasteiger partial charge in [0.25, 0.3) is 7.52 Å². The second-order valence-electron chi connectivity index (χ2n) is 5.82. The number of nitrogens with one attached hydrogen (secondary N) is 1. The molecule has 0 bridgehead atoms. The maximum atomic E-state index is 12.8. The topological polar surface area (TPSA) is 124 Å². The average Bonchev–Trinajstić information content (AvgIpc) is 2.57. The predicted molar refractivity (Wildman–Crippen MR) is 93.6 cm³/mol. The number of rotatable bonds is 8. The van der Waals surface area contributed by atoms with E-state index in [1.54, 1.807) is 19.1 Å². The van der Waals surface area contributed by atoms with Crippen LogP contribution in [-0.4, -0.2) is 33.1 Å². The Labute approximate surface area is 144 Å². The summed E-state index contributed by atoms with van der Waals surface area (Å²) in [7, 11) is -4.10. The number of carboxylic acids is 2. The molecule has 0 saturated heterocycles. The molecule has 0 aliphatic heterocycles. The third-order valence-electron chi connectivity index (χ3n) is 4.08. The standard InChI is InChI=1S/C17H20NO6P/c1-11(13-8-4-6-12-5-2-3-7-14(12)13)25(23,24)18-15(17(21)22)9-10-16(19)20/h2-8,11,15H,9-10H2,1H3,(H,19,20)(H,21,22)(H2,18,23,24). The Morgan fingerprint density at radius 1 is 1.12 bits per heavy atom. The maximum Gasteiger partial charge on any atom is 0.321 e. The molecule has 3 unspecified atom stereocenters. The smallest absolute Gasteiger partial charge is 0.321 e. The van der Waals surface area contributed by atoms with Crippen molar-refractivity contribution in [2.45, 2.75) is 31.5 Å². The van der Waals surface area contributed by atoms with Crippen molar-refractivity contribution in [2.75, 3.05) is 0 Å². The molecule has 0 aromatic heterocycles. The Kier molecular flexibility index (Phi) is 5.95. The van der Waals surface area contributed by atoms with E-state index in [9.17, 15) is 24.2 Å². The Morgan fingerprint density at radius 2 is 1.76 bits per heavy atom. The van der Waals surface area contributed by atoms with Gasteiger partial charge in [0, 0.05) is 6.42 Å². The van der Waals surface area contributed by atoms with E-state index in [-0.39, 0.29) is 6.42 Å². The van der Waals surface area contributed by atoms with E-state index in [1.807, 2.05) is 30.3 Å². The number of carboxylic acid groups (broad SMARTS) is 2. The summed E-state index contributed by atoms with van der Waals surface area (Å²) in [5, 5.41) is 21.9. The van der Waals surface area contributed by atoms with Crippen molar-refractivity contribution < 1.29 is 29.3 Å². The van der Waals surface area contributed by atoms with Crippen molar-refractivity contribution in [1.82, 2.24) is 5.09 Å². The molecular weight excluding hydrogens is 345 g/mol. The van der Waals surface area contributed by atoms with Crippen molar-refractivity contribution in [2.24, 2.45) is 0 Å². The fourth-order valence-electron chi connectivity index (χ4n) is 2.65. The lowest BCUT2D eigenvalue weighted by Crippen LogP contribution is -2.35. The molecule has 8 heteroatoms. The first kappa shape index (κ1) is 19.1. The minimum absolute atomic E-state index is 0.280. The van der Waals surface area contributed by atoms with Gasteiger partial charge in [-0.3, -0.25) is 14.2 Å². The molecule has 2 rings (SSSR count). The van der Waals surface area contributed by atoms with Crippen LogP contribution in [0.1, 0.15) is 31.0 Å². The second-order valence-corrected chi connectivity index (χ2v) is 8.10. The van der Waals surface area contributed by atoms with Crippen molar-refractivity contribution >= 4 is 30.2 Å². The Bertz CT molecular complexity index is 832. The van der Waals surface area contributed by atoms with Crippen molar-refractivity contribution in [1.29, 1.82) is 0 Å². The molecule has 0 fully saturated rings. The molecule has 25 heavy (non-hydrogen) atoms. The molecule has 0 heterocycles. The van der Waals surface area contributed by atoms with Gasteiger partial charge in [0.05, 0.1) is 5.66 Å². The summed E-state index contributed by atoms with van der Waals surface area (Å²) in [5.41, 5.74) is -0.232. The molecule has 4 N–H and O–H groups in total. The van der Waals surface area contributed by atoms with Gasteiger partial charge >= 0.3 is 11.9 Å². The number of hydrogen-bond acceptors (Lipinski definition) is 3. The number of fused-ring (bicyclic) bond motifs is 1. The number of carbonyl (C=O) groups is 2. The van der Waals surface area contributed by atoms with Crippen LogP contribution in [0.25, 0.3) is 10.8 Å². The summed E-state index contributed by atoms with van der Waals surface area (Å²) < 4.78 is 12.8. The minimum Gasteiger partial charge on any atom is -0.481 e. The highest BCUT2D eigenvalue weighted by atomic mass is 31.2. The van der Waals surface area contributed by atoms with Crippen LogP contribution in [0.15, 0.2) is 42.5 Å². The molecule has 7 nitrogen and oxygen atoms in total. The highest BCUT2D eigenvalue weighted by Crippen LogP contribution is 2.53. The SMILES string of the molecule is CC(c1cccc2ccccc12)P(=O)(O)NC(CCC(=O)O)C(=O)O. The van der Waals surface area contributed by atoms with E-state index in [0.717, 1.165) is 10.8 Å². The number of aliphatic carboxylic acids is 2. The quantitative estimate of drug-likeness (QED) is 0.530. The zero-order chi connectivity index (χ0) is 18.6. The molecule has 0 aliphatic rings. The summed E-state index contributed by atoms with van der Waals surface area (Å²) in [6, 6.07) is 11.4. The van der Waals surface area contributed by atoms with Gasteiger partial charge < -0.3 is 15.1 Å². The largest absolute Gasteiger partial charge is 0.481 e. The predicted octanol–water partition coefficient (Wildman–Crippen LogP) is 2.99. The van der Waals surface area contributed by atoms with E-state index < -0.39 is 37.6 Å².